The topological polar surface area (TPSA) is 37.4 Å². The fourth-order valence-corrected chi connectivity index (χ4v) is 3.95. The van der Waals surface area contributed by atoms with E-state index in [9.17, 15) is 9.59 Å². The summed E-state index contributed by atoms with van der Waals surface area (Å²) in [6.45, 7) is 8.06. The van der Waals surface area contributed by atoms with Gasteiger partial charge in [0.2, 0.25) is 5.91 Å². The molecule has 0 spiro atoms. The summed E-state index contributed by atoms with van der Waals surface area (Å²) in [6.07, 6.45) is 4.21. The van der Waals surface area contributed by atoms with E-state index in [2.05, 4.69) is 50.2 Å². The molecule has 0 aliphatic carbocycles. The number of hydrogen-bond acceptors (Lipinski definition) is 3. The molecule has 2 aromatic carbocycles. The van der Waals surface area contributed by atoms with Crippen molar-refractivity contribution in [1.29, 1.82) is 0 Å². The van der Waals surface area contributed by atoms with Crippen LogP contribution in [-0.4, -0.2) is 21.3 Å². The monoisotopic (exact) mass is 397 g/mol. The van der Waals surface area contributed by atoms with Gasteiger partial charge in [-0.2, -0.15) is 0 Å². The van der Waals surface area contributed by atoms with Gasteiger partial charge in [0.25, 0.3) is 5.24 Å². The number of hydrogen-bond donors (Lipinski definition) is 0. The van der Waals surface area contributed by atoms with Gasteiger partial charge in [-0.15, -0.1) is 0 Å². The van der Waals surface area contributed by atoms with E-state index >= 15 is 0 Å². The second-order valence-electron chi connectivity index (χ2n) is 7.41. The Balaban J connectivity index is 1.95. The van der Waals surface area contributed by atoms with Crippen molar-refractivity contribution in [2.75, 3.05) is 0 Å². The van der Waals surface area contributed by atoms with E-state index in [1.54, 1.807) is 0 Å². The number of carbonyl (C=O) groups is 2. The average molecular weight is 398 g/mol. The van der Waals surface area contributed by atoms with Gasteiger partial charge in [-0.25, -0.2) is 0 Å². The lowest BCUT2D eigenvalue weighted by Crippen LogP contribution is -2.32. The summed E-state index contributed by atoms with van der Waals surface area (Å²) in [5.41, 5.74) is 4.71. The maximum Gasteiger partial charge on any atom is 0.288 e. The number of rotatable bonds is 8. The van der Waals surface area contributed by atoms with E-state index in [4.69, 9.17) is 0 Å². The Hall–Kier alpha value is -2.07. The van der Waals surface area contributed by atoms with Gasteiger partial charge >= 0.3 is 0 Å². The number of carbonyl (C=O) groups excluding carboxylic acids is 2. The Kier molecular flexibility index (Phi) is 8.78. The predicted molar refractivity (Wildman–Crippen MR) is 119 cm³/mol. The lowest BCUT2D eigenvalue weighted by atomic mass is 10.1. The molecule has 0 saturated carbocycles. The number of thioether (sulfide) groups is 1. The van der Waals surface area contributed by atoms with Crippen LogP contribution < -0.4 is 0 Å². The van der Waals surface area contributed by atoms with Crippen molar-refractivity contribution >= 4 is 22.9 Å². The molecule has 4 heteroatoms. The summed E-state index contributed by atoms with van der Waals surface area (Å²) in [6, 6.07) is 16.6. The normalized spacial score (nSPS) is 11.9. The predicted octanol–water partition coefficient (Wildman–Crippen LogP) is 6.17. The molecular weight excluding hydrogens is 366 g/mol. The molecule has 150 valence electrons. The highest BCUT2D eigenvalue weighted by Crippen LogP contribution is 2.22. The lowest BCUT2D eigenvalue weighted by molar-refractivity contribution is -0.126. The van der Waals surface area contributed by atoms with Gasteiger partial charge in [-0.3, -0.25) is 14.5 Å². The molecule has 2 aromatic rings. The Morgan fingerprint density at radius 2 is 1.54 bits per heavy atom. The Morgan fingerprint density at radius 3 is 2.11 bits per heavy atom. The molecule has 0 bridgehead atoms. The number of benzene rings is 2. The molecule has 1 unspecified atom stereocenters. The fraction of sp³-hybridized carbons (Fsp3) is 0.417. The van der Waals surface area contributed by atoms with Crippen molar-refractivity contribution < 1.29 is 9.59 Å². The number of nitrogens with zero attached hydrogens (tertiary/aromatic N) is 1. The summed E-state index contributed by atoms with van der Waals surface area (Å²) in [5.74, 6) is -0.213. The zero-order valence-electron chi connectivity index (χ0n) is 17.4. The molecule has 0 saturated heterocycles. The van der Waals surface area contributed by atoms with Crippen LogP contribution in [0, 0.1) is 6.92 Å². The second kappa shape index (κ2) is 11.1. The molecule has 2 amide bonds. The first-order valence-corrected chi connectivity index (χ1v) is 10.9. The first-order valence-electron chi connectivity index (χ1n) is 10.0. The minimum Gasteiger partial charge on any atom is -0.275 e. The highest BCUT2D eigenvalue weighted by molar-refractivity contribution is 8.14. The number of unbranched alkanes of at least 4 members (excludes halogenated alkanes) is 1. The van der Waals surface area contributed by atoms with E-state index in [0.29, 0.717) is 6.54 Å². The summed E-state index contributed by atoms with van der Waals surface area (Å²) in [4.78, 5) is 26.1. The molecule has 0 radical (unpaired) electrons. The molecular formula is C24H31NO2S. The van der Waals surface area contributed by atoms with Gasteiger partial charge in [0, 0.05) is 12.2 Å². The van der Waals surface area contributed by atoms with E-state index < -0.39 is 0 Å². The third kappa shape index (κ3) is 7.16. The van der Waals surface area contributed by atoms with Crippen molar-refractivity contribution in [3.8, 4) is 0 Å². The Morgan fingerprint density at radius 1 is 0.964 bits per heavy atom. The van der Waals surface area contributed by atoms with Crippen LogP contribution in [0.15, 0.2) is 48.5 Å². The van der Waals surface area contributed by atoms with Crippen LogP contribution in [0.5, 0.6) is 0 Å². The minimum atomic E-state index is -0.213. The zero-order valence-corrected chi connectivity index (χ0v) is 18.2. The van der Waals surface area contributed by atoms with Crippen molar-refractivity contribution in [3.63, 3.8) is 0 Å². The summed E-state index contributed by atoms with van der Waals surface area (Å²) in [7, 11) is 0. The van der Waals surface area contributed by atoms with Crippen molar-refractivity contribution in [3.05, 3.63) is 70.8 Å². The van der Waals surface area contributed by atoms with Gasteiger partial charge in [-0.1, -0.05) is 86.1 Å². The molecule has 3 nitrogen and oxygen atoms in total. The largest absolute Gasteiger partial charge is 0.288 e. The Bertz CT molecular complexity index is 768. The summed E-state index contributed by atoms with van der Waals surface area (Å²) in [5, 5.41) is -0.0735. The molecule has 1 atom stereocenters. The molecule has 0 N–H and O–H groups in total. The van der Waals surface area contributed by atoms with Gasteiger partial charge in [0.1, 0.15) is 0 Å². The van der Waals surface area contributed by atoms with Gasteiger partial charge in [0.15, 0.2) is 0 Å². The number of aryl methyl sites for hydroxylation is 2. The third-order valence-electron chi connectivity index (χ3n) is 4.73. The second-order valence-corrected chi connectivity index (χ2v) is 8.80. The third-order valence-corrected chi connectivity index (χ3v) is 5.72. The van der Waals surface area contributed by atoms with Crippen molar-refractivity contribution in [2.45, 2.75) is 65.2 Å². The number of imide groups is 1. The van der Waals surface area contributed by atoms with Crippen LogP contribution in [0.2, 0.25) is 0 Å². The van der Waals surface area contributed by atoms with Crippen LogP contribution in [0.1, 0.15) is 55.9 Å². The van der Waals surface area contributed by atoms with Crippen LogP contribution >= 0.6 is 11.8 Å². The highest BCUT2D eigenvalue weighted by Gasteiger charge is 2.21. The quantitative estimate of drug-likeness (QED) is 0.534. The zero-order chi connectivity index (χ0) is 20.5. The first kappa shape index (κ1) is 22.2. The van der Waals surface area contributed by atoms with E-state index in [1.165, 1.54) is 53.1 Å². The SMILES string of the molecule is CCCCc1ccc(CN(C(C)=O)C(=O)SC(C)Cc2ccc(C)cc2)cc1. The van der Waals surface area contributed by atoms with E-state index in [0.717, 1.165) is 18.4 Å². The van der Waals surface area contributed by atoms with Crippen molar-refractivity contribution in [1.82, 2.24) is 4.90 Å². The summed E-state index contributed by atoms with van der Waals surface area (Å²) < 4.78 is 0. The lowest BCUT2D eigenvalue weighted by Gasteiger charge is -2.21. The van der Waals surface area contributed by atoms with E-state index in [1.807, 2.05) is 19.1 Å². The smallest absolute Gasteiger partial charge is 0.275 e. The van der Waals surface area contributed by atoms with Crippen LogP contribution in [0.25, 0.3) is 0 Å². The highest BCUT2D eigenvalue weighted by atomic mass is 32.2. The van der Waals surface area contributed by atoms with Crippen LogP contribution in [0.3, 0.4) is 0 Å². The fourth-order valence-electron chi connectivity index (χ4n) is 3.01. The summed E-state index contributed by atoms with van der Waals surface area (Å²) >= 11 is 1.23. The van der Waals surface area contributed by atoms with Crippen LogP contribution in [-0.2, 0) is 24.2 Å². The van der Waals surface area contributed by atoms with E-state index in [-0.39, 0.29) is 16.4 Å². The maximum atomic E-state index is 12.7. The maximum absolute atomic E-state index is 12.7. The first-order chi connectivity index (χ1) is 13.4. The molecule has 0 aromatic heterocycles. The van der Waals surface area contributed by atoms with Crippen molar-refractivity contribution in [2.24, 2.45) is 0 Å². The minimum absolute atomic E-state index is 0.105. The molecule has 2 rings (SSSR count). The van der Waals surface area contributed by atoms with Gasteiger partial charge < -0.3 is 0 Å². The molecule has 28 heavy (non-hydrogen) atoms. The molecule has 0 heterocycles. The molecule has 0 aliphatic rings. The molecule has 0 fully saturated rings. The Labute approximate surface area is 173 Å². The molecule has 0 aliphatic heterocycles. The van der Waals surface area contributed by atoms with Gasteiger partial charge in [-0.05, 0) is 42.9 Å². The average Bonchev–Trinajstić information content (AvgIpc) is 2.66. The number of amides is 2. The van der Waals surface area contributed by atoms with Crippen LogP contribution in [0.4, 0.5) is 4.79 Å². The standard InChI is InChI=1S/C24H31NO2S/c1-5-6-7-21-12-14-23(15-13-21)17-25(20(4)26)24(27)28-19(3)16-22-10-8-18(2)9-11-22/h8-15,19H,5-7,16-17H2,1-4H3. The van der Waals surface area contributed by atoms with Gasteiger partial charge in [0.05, 0.1) is 6.54 Å².